The number of carboxylic acid groups (broad SMARTS) is 1. The number of carboxylic acids is 1. The van der Waals surface area contributed by atoms with Crippen molar-refractivity contribution in [3.05, 3.63) is 0 Å². The Labute approximate surface area is 86.7 Å². The van der Waals surface area contributed by atoms with Gasteiger partial charge in [0.05, 0.1) is 23.9 Å². The Morgan fingerprint density at radius 2 is 2.00 bits per heavy atom. The molecular weight excluding hydrogens is 186 g/mol. The smallest absolute Gasteiger partial charge is 0.303 e. The molecule has 0 amide bonds. The molecular formula is C9H17NO4. The minimum Gasteiger partial charge on any atom is -0.550 e. The molecule has 0 bridgehead atoms. The van der Waals surface area contributed by atoms with Crippen molar-refractivity contribution in [2.75, 3.05) is 27.6 Å². The first kappa shape index (κ1) is 9.45. The summed E-state index contributed by atoms with van der Waals surface area (Å²) in [5.74, 6) is -2.17. The van der Waals surface area contributed by atoms with E-state index in [9.17, 15) is 14.7 Å². The first-order valence-corrected chi connectivity index (χ1v) is 4.17. The first-order chi connectivity index (χ1) is 6.98. The zero-order valence-corrected chi connectivity index (χ0v) is 8.86. The molecule has 0 aromatic heterocycles. The number of likely N-dealkylation sites (N-methyl/N-ethyl adjacent to an activating group) is 1. The maximum atomic E-state index is 10.8. The maximum Gasteiger partial charge on any atom is 0.303 e. The summed E-state index contributed by atoms with van der Waals surface area (Å²) in [4.78, 5) is 21.3. The molecule has 0 saturated heterocycles. The van der Waals surface area contributed by atoms with Crippen LogP contribution in [0.3, 0.4) is 0 Å². The van der Waals surface area contributed by atoms with Crippen molar-refractivity contribution in [3.8, 4) is 0 Å². The van der Waals surface area contributed by atoms with Crippen molar-refractivity contribution >= 4 is 11.9 Å². The van der Waals surface area contributed by atoms with Gasteiger partial charge in [-0.15, -0.1) is 0 Å². The van der Waals surface area contributed by atoms with Crippen LogP contribution in [-0.4, -0.2) is 50.2 Å². The van der Waals surface area contributed by atoms with Gasteiger partial charge in [-0.25, -0.2) is 0 Å². The van der Waals surface area contributed by atoms with Crippen molar-refractivity contribution < 1.29 is 26.7 Å². The molecule has 5 heteroatoms. The van der Waals surface area contributed by atoms with E-state index in [1.807, 2.05) is 0 Å². The third kappa shape index (κ3) is 7.54. The van der Waals surface area contributed by atoms with Crippen molar-refractivity contribution in [2.24, 2.45) is 0 Å². The summed E-state index contributed by atoms with van der Waals surface area (Å²) < 4.78 is 20.1. The Balaban J connectivity index is 5.01. The Morgan fingerprint density at radius 1 is 1.50 bits per heavy atom. The van der Waals surface area contributed by atoms with Crippen LogP contribution in [0, 0.1) is 0 Å². The summed E-state index contributed by atoms with van der Waals surface area (Å²) in [7, 11) is 4.64. The van der Waals surface area contributed by atoms with Gasteiger partial charge in [-0.1, -0.05) is 0 Å². The van der Waals surface area contributed by atoms with Crippen LogP contribution >= 0.6 is 0 Å². The Kier molecular flexibility index (Phi) is 3.34. The number of carbonyl (C=O) groups is 2. The van der Waals surface area contributed by atoms with E-state index in [1.54, 1.807) is 21.1 Å². The molecule has 1 atom stereocenters. The maximum absolute atomic E-state index is 10.8. The molecule has 0 unspecified atom stereocenters. The molecule has 82 valence electrons. The second-order valence-electron chi connectivity index (χ2n) is 3.82. The van der Waals surface area contributed by atoms with Crippen molar-refractivity contribution in [3.63, 3.8) is 0 Å². The fourth-order valence-electron chi connectivity index (χ4n) is 0.897. The summed E-state index contributed by atoms with van der Waals surface area (Å²) in [6.07, 6.45) is -2.03. The minimum atomic E-state index is -2.01. The molecule has 0 aliphatic heterocycles. The van der Waals surface area contributed by atoms with E-state index in [2.05, 4.69) is 0 Å². The van der Waals surface area contributed by atoms with Gasteiger partial charge in [0.1, 0.15) is 6.50 Å². The zero-order chi connectivity index (χ0) is 13.1. The highest BCUT2D eigenvalue weighted by molar-refractivity contribution is 5.68. The van der Waals surface area contributed by atoms with Crippen LogP contribution in [0.2, 0.25) is 0 Å². The quantitative estimate of drug-likeness (QED) is 0.416. The molecule has 0 fully saturated rings. The topological polar surface area (TPSA) is 66.4 Å². The molecule has 0 aromatic carbocycles. The first-order valence-electron chi connectivity index (χ1n) is 5.17. The van der Waals surface area contributed by atoms with Gasteiger partial charge in [0.2, 0.25) is 0 Å². The SMILES string of the molecule is [2H]C([2H])([C@@H](CC(=O)[O-])OC(C)=O)[N+](C)(C)C. The molecule has 0 saturated carbocycles. The average molecular weight is 205 g/mol. The fraction of sp³-hybridized carbons (Fsp3) is 0.778. The number of nitrogens with zero attached hydrogens (tertiary/aromatic N) is 1. The lowest BCUT2D eigenvalue weighted by molar-refractivity contribution is -0.873. The number of hydrogen-bond acceptors (Lipinski definition) is 4. The lowest BCUT2D eigenvalue weighted by Gasteiger charge is -2.28. The number of hydrogen-bond donors (Lipinski definition) is 0. The third-order valence-corrected chi connectivity index (χ3v) is 1.19. The molecule has 0 spiro atoms. The van der Waals surface area contributed by atoms with Gasteiger partial charge < -0.3 is 19.1 Å². The lowest BCUT2D eigenvalue weighted by atomic mass is 10.2. The standard InChI is InChI=1S/C9H17NO4/c1-7(11)14-8(5-9(12)13)6-10(2,3)4/h8H,5-6H2,1-4H3/t8-/m1/s1/i6D2. The largest absolute Gasteiger partial charge is 0.550 e. The molecule has 0 aliphatic carbocycles. The summed E-state index contributed by atoms with van der Waals surface area (Å²) in [5, 5.41) is 10.5. The summed E-state index contributed by atoms with van der Waals surface area (Å²) in [6.45, 7) is -0.903. The number of aliphatic carboxylic acids is 1. The minimum absolute atomic E-state index is 0.182. The van der Waals surface area contributed by atoms with Gasteiger partial charge in [0.15, 0.2) is 6.10 Å². The number of esters is 1. The Hall–Kier alpha value is -1.10. The monoisotopic (exact) mass is 205 g/mol. The van der Waals surface area contributed by atoms with Crippen LogP contribution in [0.15, 0.2) is 0 Å². The highest BCUT2D eigenvalue weighted by Crippen LogP contribution is 2.04. The second kappa shape index (κ2) is 4.95. The third-order valence-electron chi connectivity index (χ3n) is 1.19. The lowest BCUT2D eigenvalue weighted by Crippen LogP contribution is -2.45. The molecule has 0 aliphatic rings. The van der Waals surface area contributed by atoms with E-state index < -0.39 is 31.0 Å². The molecule has 0 aromatic rings. The molecule has 0 rings (SSSR count). The number of ether oxygens (including phenoxy) is 1. The molecule has 0 heterocycles. The predicted molar refractivity (Wildman–Crippen MR) is 48.1 cm³/mol. The second-order valence-corrected chi connectivity index (χ2v) is 3.82. The zero-order valence-electron chi connectivity index (χ0n) is 10.9. The van der Waals surface area contributed by atoms with Gasteiger partial charge in [0.25, 0.3) is 0 Å². The van der Waals surface area contributed by atoms with E-state index in [0.717, 1.165) is 6.92 Å². The molecule has 0 radical (unpaired) electrons. The number of rotatable bonds is 5. The van der Waals surface area contributed by atoms with Crippen LogP contribution < -0.4 is 5.11 Å². The van der Waals surface area contributed by atoms with Crippen LogP contribution in [0.4, 0.5) is 0 Å². The summed E-state index contributed by atoms with van der Waals surface area (Å²) in [6, 6.07) is 0. The fourth-order valence-corrected chi connectivity index (χ4v) is 0.897. The van der Waals surface area contributed by atoms with Gasteiger partial charge in [0, 0.05) is 19.3 Å². The van der Waals surface area contributed by atoms with Gasteiger partial charge in [-0.2, -0.15) is 0 Å². The van der Waals surface area contributed by atoms with E-state index in [-0.39, 0.29) is 4.48 Å². The Morgan fingerprint density at radius 3 is 2.29 bits per heavy atom. The van der Waals surface area contributed by atoms with Crippen LogP contribution in [0.1, 0.15) is 16.1 Å². The van der Waals surface area contributed by atoms with E-state index in [1.165, 1.54) is 0 Å². The Bertz CT molecular complexity index is 270. The number of quaternary nitrogens is 1. The van der Waals surface area contributed by atoms with Crippen molar-refractivity contribution in [1.29, 1.82) is 0 Å². The van der Waals surface area contributed by atoms with E-state index >= 15 is 0 Å². The highest BCUT2D eigenvalue weighted by atomic mass is 16.5. The van der Waals surface area contributed by atoms with Crippen molar-refractivity contribution in [1.82, 2.24) is 0 Å². The highest BCUT2D eigenvalue weighted by Gasteiger charge is 2.20. The van der Waals surface area contributed by atoms with Crippen LogP contribution in [0.25, 0.3) is 0 Å². The van der Waals surface area contributed by atoms with Gasteiger partial charge in [-0.3, -0.25) is 4.79 Å². The molecule has 5 nitrogen and oxygen atoms in total. The summed E-state index contributed by atoms with van der Waals surface area (Å²) in [5.41, 5.74) is 0. The number of carbonyl (C=O) groups excluding carboxylic acids is 2. The van der Waals surface area contributed by atoms with E-state index in [0.29, 0.717) is 0 Å². The summed E-state index contributed by atoms with van der Waals surface area (Å²) >= 11 is 0. The van der Waals surface area contributed by atoms with Gasteiger partial charge in [-0.05, 0) is 0 Å². The van der Waals surface area contributed by atoms with Crippen LogP contribution in [0.5, 0.6) is 0 Å². The average Bonchev–Trinajstić information content (AvgIpc) is 1.98. The normalized spacial score (nSPS) is 16.6. The molecule has 14 heavy (non-hydrogen) atoms. The predicted octanol–water partition coefficient (Wildman–Crippen LogP) is -1.24. The van der Waals surface area contributed by atoms with Crippen LogP contribution in [-0.2, 0) is 14.3 Å². The van der Waals surface area contributed by atoms with E-state index in [4.69, 9.17) is 7.48 Å². The van der Waals surface area contributed by atoms with Gasteiger partial charge >= 0.3 is 5.97 Å². The van der Waals surface area contributed by atoms with Crippen molar-refractivity contribution in [2.45, 2.75) is 19.4 Å². The molecule has 0 N–H and O–H groups in total.